The zero-order valence-corrected chi connectivity index (χ0v) is 20.4. The van der Waals surface area contributed by atoms with Crippen LogP contribution < -0.4 is 14.8 Å². The van der Waals surface area contributed by atoms with Gasteiger partial charge in [0.2, 0.25) is 5.91 Å². The van der Waals surface area contributed by atoms with Crippen molar-refractivity contribution in [2.45, 2.75) is 6.92 Å². The Morgan fingerprint density at radius 3 is 2.43 bits per heavy atom. The average molecular weight is 521 g/mol. The Labute approximate surface area is 216 Å². The second kappa shape index (κ2) is 11.5. The number of esters is 1. The summed E-state index contributed by atoms with van der Waals surface area (Å²) in [6.45, 7) is 1.61. The smallest absolute Gasteiger partial charge is 0.343 e. The van der Waals surface area contributed by atoms with Gasteiger partial charge in [0, 0.05) is 5.69 Å². The van der Waals surface area contributed by atoms with E-state index in [9.17, 15) is 23.6 Å². The molecule has 0 saturated carbocycles. The summed E-state index contributed by atoms with van der Waals surface area (Å²) in [5.74, 6) is -1.88. The van der Waals surface area contributed by atoms with Crippen molar-refractivity contribution in [3.8, 4) is 11.5 Å². The molecule has 0 spiro atoms. The number of amides is 3. The third-order valence-corrected chi connectivity index (χ3v) is 5.99. The Hall–Kier alpha value is -4.44. The van der Waals surface area contributed by atoms with E-state index >= 15 is 0 Å². The largest absolute Gasteiger partial charge is 0.490 e. The number of nitrogens with zero attached hydrogens (tertiary/aromatic N) is 1. The summed E-state index contributed by atoms with van der Waals surface area (Å²) in [4.78, 5) is 51.0. The first kappa shape index (κ1) is 25.6. The lowest BCUT2D eigenvalue weighted by molar-refractivity contribution is -0.127. The Bertz CT molecular complexity index is 1380. The second-order valence-corrected chi connectivity index (χ2v) is 8.71. The van der Waals surface area contributed by atoms with Gasteiger partial charge in [0.1, 0.15) is 12.4 Å². The number of benzene rings is 3. The maximum Gasteiger partial charge on any atom is 0.343 e. The van der Waals surface area contributed by atoms with Crippen LogP contribution in [0.2, 0.25) is 0 Å². The summed E-state index contributed by atoms with van der Waals surface area (Å²) >= 11 is 0.719. The van der Waals surface area contributed by atoms with Crippen LogP contribution in [-0.4, -0.2) is 41.1 Å². The lowest BCUT2D eigenvalue weighted by Gasteiger charge is -2.12. The summed E-state index contributed by atoms with van der Waals surface area (Å²) in [5, 5.41) is 2.08. The van der Waals surface area contributed by atoms with E-state index in [1.54, 1.807) is 49.4 Å². The van der Waals surface area contributed by atoms with Crippen LogP contribution in [0, 0.1) is 5.82 Å². The topological polar surface area (TPSA) is 102 Å². The zero-order chi connectivity index (χ0) is 26.4. The average Bonchev–Trinajstić information content (AvgIpc) is 3.14. The van der Waals surface area contributed by atoms with Gasteiger partial charge >= 0.3 is 5.97 Å². The van der Waals surface area contributed by atoms with E-state index in [4.69, 9.17) is 9.47 Å². The summed E-state index contributed by atoms with van der Waals surface area (Å²) < 4.78 is 24.1. The lowest BCUT2D eigenvalue weighted by atomic mass is 10.1. The molecule has 1 saturated heterocycles. The molecule has 0 unspecified atom stereocenters. The molecule has 188 valence electrons. The van der Waals surface area contributed by atoms with Gasteiger partial charge in [-0.3, -0.25) is 19.3 Å². The van der Waals surface area contributed by atoms with Crippen LogP contribution >= 0.6 is 11.8 Å². The summed E-state index contributed by atoms with van der Waals surface area (Å²) in [6, 6.07) is 18.3. The fraction of sp³-hybridized carbons (Fsp3) is 0.111. The number of halogens is 1. The minimum atomic E-state index is -0.691. The van der Waals surface area contributed by atoms with Gasteiger partial charge in [0.25, 0.3) is 11.1 Å². The molecule has 0 aromatic heterocycles. The molecule has 0 atom stereocenters. The number of para-hydroxylation sites is 1. The maximum absolute atomic E-state index is 13.1. The first-order valence-electron chi connectivity index (χ1n) is 11.2. The minimum absolute atomic E-state index is 0.135. The highest BCUT2D eigenvalue weighted by atomic mass is 32.2. The van der Waals surface area contributed by atoms with E-state index in [0.717, 1.165) is 28.8 Å². The van der Waals surface area contributed by atoms with E-state index < -0.39 is 35.4 Å². The first-order valence-corrected chi connectivity index (χ1v) is 12.0. The molecule has 1 aliphatic rings. The molecule has 0 bridgehead atoms. The van der Waals surface area contributed by atoms with Crippen molar-refractivity contribution in [1.82, 2.24) is 4.90 Å². The van der Waals surface area contributed by atoms with Crippen molar-refractivity contribution in [2.75, 3.05) is 18.5 Å². The Morgan fingerprint density at radius 1 is 1.00 bits per heavy atom. The Balaban J connectivity index is 1.47. The monoisotopic (exact) mass is 520 g/mol. The third-order valence-electron chi connectivity index (χ3n) is 5.08. The van der Waals surface area contributed by atoms with Crippen LogP contribution in [0.3, 0.4) is 0 Å². The number of carbonyl (C=O) groups excluding carboxylic acids is 4. The molecule has 4 rings (SSSR count). The van der Waals surface area contributed by atoms with Crippen LogP contribution in [0.15, 0.2) is 77.7 Å². The SMILES string of the molecule is CCOc1cc(/C=C2\SC(=O)N(CC(=O)Nc3ccccc3)C2=O)ccc1OC(=O)c1ccc(F)cc1. The van der Waals surface area contributed by atoms with Gasteiger partial charge in [0.05, 0.1) is 17.1 Å². The van der Waals surface area contributed by atoms with E-state index in [-0.39, 0.29) is 28.6 Å². The molecule has 8 nitrogen and oxygen atoms in total. The highest BCUT2D eigenvalue weighted by Crippen LogP contribution is 2.35. The van der Waals surface area contributed by atoms with Crippen molar-refractivity contribution in [1.29, 1.82) is 0 Å². The standard InChI is InChI=1S/C27H21FN2O6S/c1-2-35-22-14-17(8-13-21(22)36-26(33)18-9-11-19(28)12-10-18)15-23-25(32)30(27(34)37-23)16-24(31)29-20-6-4-3-5-7-20/h3-15H,2,16H2,1H3,(H,29,31)/b23-15-. The number of imide groups is 1. The van der Waals surface area contributed by atoms with Crippen LogP contribution in [0.4, 0.5) is 14.9 Å². The Morgan fingerprint density at radius 2 is 1.73 bits per heavy atom. The molecule has 37 heavy (non-hydrogen) atoms. The molecular weight excluding hydrogens is 499 g/mol. The molecule has 3 aromatic carbocycles. The normalized spacial score (nSPS) is 14.1. The molecule has 1 N–H and O–H groups in total. The summed E-state index contributed by atoms with van der Waals surface area (Å²) in [7, 11) is 0. The number of carbonyl (C=O) groups is 4. The molecule has 1 fully saturated rings. The van der Waals surface area contributed by atoms with Gasteiger partial charge in [-0.15, -0.1) is 0 Å². The van der Waals surface area contributed by atoms with Gasteiger partial charge < -0.3 is 14.8 Å². The number of hydrogen-bond donors (Lipinski definition) is 1. The number of thioether (sulfide) groups is 1. The molecule has 3 amide bonds. The molecule has 1 aliphatic heterocycles. The van der Waals surface area contributed by atoms with Crippen molar-refractivity contribution in [2.24, 2.45) is 0 Å². The predicted octanol–water partition coefficient (Wildman–Crippen LogP) is 5.12. The zero-order valence-electron chi connectivity index (χ0n) is 19.6. The second-order valence-electron chi connectivity index (χ2n) is 7.72. The van der Waals surface area contributed by atoms with Gasteiger partial charge in [-0.25, -0.2) is 9.18 Å². The van der Waals surface area contributed by atoms with Crippen molar-refractivity contribution in [3.63, 3.8) is 0 Å². The van der Waals surface area contributed by atoms with Crippen LogP contribution in [0.25, 0.3) is 6.08 Å². The first-order chi connectivity index (χ1) is 17.8. The van der Waals surface area contributed by atoms with Crippen molar-refractivity contribution in [3.05, 3.63) is 94.6 Å². The van der Waals surface area contributed by atoms with Crippen LogP contribution in [-0.2, 0) is 9.59 Å². The van der Waals surface area contributed by atoms with Gasteiger partial charge in [-0.1, -0.05) is 24.3 Å². The molecule has 0 radical (unpaired) electrons. The van der Waals surface area contributed by atoms with Crippen LogP contribution in [0.1, 0.15) is 22.8 Å². The van der Waals surface area contributed by atoms with E-state index in [1.807, 2.05) is 0 Å². The highest BCUT2D eigenvalue weighted by Gasteiger charge is 2.36. The lowest BCUT2D eigenvalue weighted by Crippen LogP contribution is -2.36. The van der Waals surface area contributed by atoms with Gasteiger partial charge in [0.15, 0.2) is 11.5 Å². The van der Waals surface area contributed by atoms with E-state index in [0.29, 0.717) is 11.3 Å². The fourth-order valence-corrected chi connectivity index (χ4v) is 4.20. The summed E-state index contributed by atoms with van der Waals surface area (Å²) in [6.07, 6.45) is 1.49. The molecule has 1 heterocycles. The van der Waals surface area contributed by atoms with E-state index in [1.165, 1.54) is 24.3 Å². The van der Waals surface area contributed by atoms with Crippen molar-refractivity contribution < 1.29 is 33.0 Å². The fourth-order valence-electron chi connectivity index (χ4n) is 3.37. The number of anilines is 1. The molecular formula is C27H21FN2O6S. The molecule has 3 aromatic rings. The highest BCUT2D eigenvalue weighted by molar-refractivity contribution is 8.18. The van der Waals surface area contributed by atoms with Crippen LogP contribution in [0.5, 0.6) is 11.5 Å². The molecule has 0 aliphatic carbocycles. The quantitative estimate of drug-likeness (QED) is 0.250. The van der Waals surface area contributed by atoms with E-state index in [2.05, 4.69) is 5.32 Å². The Kier molecular flexibility index (Phi) is 7.99. The minimum Gasteiger partial charge on any atom is -0.490 e. The number of hydrogen-bond acceptors (Lipinski definition) is 7. The maximum atomic E-state index is 13.1. The van der Waals surface area contributed by atoms with Gasteiger partial charge in [-0.05, 0) is 78.9 Å². The number of nitrogens with one attached hydrogen (secondary N) is 1. The number of ether oxygens (including phenoxy) is 2. The predicted molar refractivity (Wildman–Crippen MR) is 137 cm³/mol. The van der Waals surface area contributed by atoms with Crippen molar-refractivity contribution >= 4 is 46.5 Å². The van der Waals surface area contributed by atoms with Gasteiger partial charge in [-0.2, -0.15) is 0 Å². The molecule has 10 heteroatoms. The number of rotatable bonds is 8. The summed E-state index contributed by atoms with van der Waals surface area (Å²) in [5.41, 5.74) is 1.24. The third kappa shape index (κ3) is 6.42.